The third-order valence-corrected chi connectivity index (χ3v) is 16.7. The monoisotopic (exact) mass is 970 g/mol. The van der Waals surface area contributed by atoms with Crippen molar-refractivity contribution in [1.82, 2.24) is 4.57 Å². The predicted molar refractivity (Wildman–Crippen MR) is 323 cm³/mol. The lowest BCUT2D eigenvalue weighted by atomic mass is 9.96. The Bertz CT molecular complexity index is 4620. The maximum Gasteiger partial charge on any atom is 0.0541 e. The molecule has 2 aromatic heterocycles. The summed E-state index contributed by atoms with van der Waals surface area (Å²) in [5.74, 6) is 0. The van der Waals surface area contributed by atoms with E-state index in [-0.39, 0.29) is 0 Å². The fourth-order valence-corrected chi connectivity index (χ4v) is 13.1. The Morgan fingerprint density at radius 1 is 0.253 bits per heavy atom. The van der Waals surface area contributed by atoms with E-state index in [0.29, 0.717) is 0 Å². The molecule has 13 aromatic carbocycles. The van der Waals surface area contributed by atoms with Gasteiger partial charge < -0.3 is 9.47 Å². The Labute approximate surface area is 438 Å². The number of anilines is 3. The minimum atomic E-state index is 1.08. The van der Waals surface area contributed by atoms with Gasteiger partial charge in [0.25, 0.3) is 0 Å². The van der Waals surface area contributed by atoms with Crippen molar-refractivity contribution < 1.29 is 0 Å². The third-order valence-electron chi connectivity index (χ3n) is 15.4. The van der Waals surface area contributed by atoms with Crippen molar-refractivity contribution in [2.45, 2.75) is 0 Å². The predicted octanol–water partition coefficient (Wildman–Crippen LogP) is 20.7. The average molecular weight is 971 g/mol. The van der Waals surface area contributed by atoms with Gasteiger partial charge in [0, 0.05) is 53.6 Å². The fraction of sp³-hybridized carbons (Fsp3) is 0. The average Bonchev–Trinajstić information content (AvgIpc) is 4.07. The van der Waals surface area contributed by atoms with Crippen molar-refractivity contribution in [3.8, 4) is 50.2 Å². The maximum atomic E-state index is 2.42. The molecule has 2 heterocycles. The van der Waals surface area contributed by atoms with Gasteiger partial charge in [-0.25, -0.2) is 0 Å². The standard InChI is InChI=1S/C72H46N2S/c1-3-14-59-50(12-1)28-29-54-30-31-55(46-67(54)59)49-26-24-47(25-27-49)48-32-39-56(40-33-48)73(58-43-36-53(37-44-58)62-19-11-20-65-66-45-38-51-13-2-4-16-61(51)72(66)75-71(62)65)57-41-34-52(35-42-57)60-15-5-8-21-68(60)74-69-22-9-6-17-63(69)64-18-7-10-23-70(64)74/h1-46H. The van der Waals surface area contributed by atoms with Crippen LogP contribution in [0.25, 0.3) is 124 Å². The first-order valence-corrected chi connectivity index (χ1v) is 26.5. The first-order chi connectivity index (χ1) is 37.2. The summed E-state index contributed by atoms with van der Waals surface area (Å²) >= 11 is 1.90. The van der Waals surface area contributed by atoms with E-state index in [2.05, 4.69) is 289 Å². The van der Waals surface area contributed by atoms with Crippen LogP contribution in [-0.2, 0) is 0 Å². The number of rotatable bonds is 8. The molecule has 0 fully saturated rings. The molecule has 75 heavy (non-hydrogen) atoms. The van der Waals surface area contributed by atoms with Crippen molar-refractivity contribution in [2.24, 2.45) is 0 Å². The Morgan fingerprint density at radius 3 is 1.32 bits per heavy atom. The van der Waals surface area contributed by atoms with Gasteiger partial charge in [-0.2, -0.15) is 0 Å². The lowest BCUT2D eigenvalue weighted by Gasteiger charge is -2.26. The molecule has 0 spiro atoms. The molecule has 0 aliphatic rings. The van der Waals surface area contributed by atoms with E-state index in [1.807, 2.05) is 11.3 Å². The maximum absolute atomic E-state index is 2.42. The summed E-state index contributed by atoms with van der Waals surface area (Å²) in [5, 5.41) is 12.8. The van der Waals surface area contributed by atoms with Crippen molar-refractivity contribution in [2.75, 3.05) is 4.90 Å². The van der Waals surface area contributed by atoms with E-state index < -0.39 is 0 Å². The van der Waals surface area contributed by atoms with Crippen LogP contribution < -0.4 is 4.90 Å². The Hall–Kier alpha value is -9.54. The molecule has 0 N–H and O–H groups in total. The van der Waals surface area contributed by atoms with Crippen LogP contribution in [0.1, 0.15) is 0 Å². The smallest absolute Gasteiger partial charge is 0.0541 e. The molecule has 15 aromatic rings. The van der Waals surface area contributed by atoms with Gasteiger partial charge in [-0.15, -0.1) is 11.3 Å². The van der Waals surface area contributed by atoms with Gasteiger partial charge in [-0.1, -0.05) is 218 Å². The topological polar surface area (TPSA) is 8.17 Å². The van der Waals surface area contributed by atoms with E-state index in [9.17, 15) is 0 Å². The molecule has 2 nitrogen and oxygen atoms in total. The van der Waals surface area contributed by atoms with Gasteiger partial charge in [0.2, 0.25) is 0 Å². The molecule has 0 aliphatic heterocycles. The molecule has 0 saturated carbocycles. The molecule has 3 heteroatoms. The molecule has 15 rings (SSSR count). The van der Waals surface area contributed by atoms with Crippen LogP contribution in [-0.4, -0.2) is 4.57 Å². The van der Waals surface area contributed by atoms with Crippen molar-refractivity contribution >= 4 is 103 Å². The number of nitrogens with zero attached hydrogens (tertiary/aromatic N) is 2. The highest BCUT2D eigenvalue weighted by Crippen LogP contribution is 2.45. The molecule has 0 saturated heterocycles. The molecule has 0 atom stereocenters. The summed E-state index contributed by atoms with van der Waals surface area (Å²) in [7, 11) is 0. The highest BCUT2D eigenvalue weighted by molar-refractivity contribution is 7.27. The minimum Gasteiger partial charge on any atom is -0.311 e. The minimum absolute atomic E-state index is 1.08. The largest absolute Gasteiger partial charge is 0.311 e. The van der Waals surface area contributed by atoms with E-state index in [1.165, 1.54) is 113 Å². The number of fused-ring (bicyclic) bond motifs is 11. The summed E-state index contributed by atoms with van der Waals surface area (Å²) in [6.45, 7) is 0. The first kappa shape index (κ1) is 43.1. The number of aromatic nitrogens is 1. The van der Waals surface area contributed by atoms with Crippen LogP contribution in [0.5, 0.6) is 0 Å². The van der Waals surface area contributed by atoms with Crippen LogP contribution in [0.4, 0.5) is 17.1 Å². The SMILES string of the molecule is c1ccc(-n2c3ccccc3c3ccccc32)c(-c2ccc(N(c3ccc(-c4ccc(-c5ccc6ccc7ccccc7c6c5)cc4)cc3)c3ccc(-c4cccc5c4sc4c6ccccc6ccc54)cc3)cc2)c1. The molecule has 0 radical (unpaired) electrons. The third kappa shape index (κ3) is 7.23. The molecule has 0 amide bonds. The normalized spacial score (nSPS) is 11.7. The number of benzene rings is 13. The molecule has 0 bridgehead atoms. The quantitative estimate of drug-likeness (QED) is 0.138. The number of thiophene rings is 1. The highest BCUT2D eigenvalue weighted by atomic mass is 32.1. The van der Waals surface area contributed by atoms with E-state index in [0.717, 1.165) is 28.3 Å². The zero-order valence-corrected chi connectivity index (χ0v) is 41.7. The van der Waals surface area contributed by atoms with Crippen molar-refractivity contribution in [3.63, 3.8) is 0 Å². The number of hydrogen-bond acceptors (Lipinski definition) is 2. The van der Waals surface area contributed by atoms with Crippen LogP contribution in [0.15, 0.2) is 279 Å². The summed E-state index contributed by atoms with van der Waals surface area (Å²) in [6, 6.07) is 103. The molecular formula is C72H46N2S. The second kappa shape index (κ2) is 17.6. The zero-order chi connectivity index (χ0) is 49.4. The second-order valence-corrected chi connectivity index (χ2v) is 20.6. The Morgan fingerprint density at radius 2 is 0.667 bits per heavy atom. The molecule has 0 unspecified atom stereocenters. The summed E-state index contributed by atoms with van der Waals surface area (Å²) in [6.07, 6.45) is 0. The summed E-state index contributed by atoms with van der Waals surface area (Å²) < 4.78 is 5.08. The van der Waals surface area contributed by atoms with Gasteiger partial charge >= 0.3 is 0 Å². The van der Waals surface area contributed by atoms with Gasteiger partial charge in [0.15, 0.2) is 0 Å². The van der Waals surface area contributed by atoms with Crippen LogP contribution >= 0.6 is 11.3 Å². The molecule has 350 valence electrons. The van der Waals surface area contributed by atoms with E-state index >= 15 is 0 Å². The van der Waals surface area contributed by atoms with Gasteiger partial charge in [-0.3, -0.25) is 0 Å². The van der Waals surface area contributed by atoms with Gasteiger partial charge in [-0.05, 0) is 132 Å². The van der Waals surface area contributed by atoms with E-state index in [4.69, 9.17) is 0 Å². The zero-order valence-electron chi connectivity index (χ0n) is 40.9. The van der Waals surface area contributed by atoms with Gasteiger partial charge in [0.05, 0.1) is 16.7 Å². The van der Waals surface area contributed by atoms with Crippen molar-refractivity contribution in [1.29, 1.82) is 0 Å². The molecular weight excluding hydrogens is 925 g/mol. The Kier molecular flexibility index (Phi) is 10.1. The van der Waals surface area contributed by atoms with E-state index in [1.54, 1.807) is 0 Å². The lowest BCUT2D eigenvalue weighted by Crippen LogP contribution is -2.09. The Balaban J connectivity index is 0.799. The van der Waals surface area contributed by atoms with Crippen molar-refractivity contribution in [3.05, 3.63) is 279 Å². The first-order valence-electron chi connectivity index (χ1n) is 25.7. The fourth-order valence-electron chi connectivity index (χ4n) is 11.7. The van der Waals surface area contributed by atoms with Crippen LogP contribution in [0.2, 0.25) is 0 Å². The molecule has 0 aliphatic carbocycles. The highest BCUT2D eigenvalue weighted by Gasteiger charge is 2.19. The second-order valence-electron chi connectivity index (χ2n) is 19.6. The summed E-state index contributed by atoms with van der Waals surface area (Å²) in [4.78, 5) is 2.38. The number of para-hydroxylation sites is 3. The van der Waals surface area contributed by atoms with Gasteiger partial charge in [0.1, 0.15) is 0 Å². The lowest BCUT2D eigenvalue weighted by molar-refractivity contribution is 1.18. The van der Waals surface area contributed by atoms with Crippen LogP contribution in [0.3, 0.4) is 0 Å². The summed E-state index contributed by atoms with van der Waals surface area (Å²) in [5.41, 5.74) is 16.4. The van der Waals surface area contributed by atoms with Crippen LogP contribution in [0, 0.1) is 0 Å². The number of hydrogen-bond donors (Lipinski definition) is 0.